The summed E-state index contributed by atoms with van der Waals surface area (Å²) in [7, 11) is 1.68. The topological polar surface area (TPSA) is 21.6 Å². The highest BCUT2D eigenvalue weighted by Crippen LogP contribution is 1.85. The highest BCUT2D eigenvalue weighted by molar-refractivity contribution is 5.74. The maximum absolute atomic E-state index is 4.94. The summed E-state index contributed by atoms with van der Waals surface area (Å²) in [6.45, 7) is 6.13. The van der Waals surface area contributed by atoms with Gasteiger partial charge in [-0.2, -0.15) is 0 Å². The van der Waals surface area contributed by atoms with E-state index in [1.807, 2.05) is 6.92 Å². The van der Waals surface area contributed by atoms with Crippen molar-refractivity contribution >= 4 is 6.21 Å². The molecule has 0 aliphatic carbocycles. The summed E-state index contributed by atoms with van der Waals surface area (Å²) in [6, 6.07) is 0. The molecule has 0 bridgehead atoms. The lowest BCUT2D eigenvalue weighted by Gasteiger charge is -1.97. The first-order valence-electron chi connectivity index (χ1n) is 2.55. The van der Waals surface area contributed by atoms with Gasteiger partial charge in [0.25, 0.3) is 0 Å². The molecule has 0 saturated carbocycles. The van der Waals surface area contributed by atoms with E-state index in [0.29, 0.717) is 12.4 Å². The van der Waals surface area contributed by atoms with Gasteiger partial charge >= 0.3 is 0 Å². The lowest BCUT2D eigenvalue weighted by molar-refractivity contribution is 0.253. The first-order chi connectivity index (χ1) is 3.81. The summed E-state index contributed by atoms with van der Waals surface area (Å²) < 4.78 is 4.94. The zero-order chi connectivity index (χ0) is 6.41. The summed E-state index contributed by atoms with van der Waals surface area (Å²) in [5.41, 5.74) is 0. The number of allylic oxidation sites excluding steroid dienone is 1. The lowest BCUT2D eigenvalue weighted by Crippen LogP contribution is -1.89. The van der Waals surface area contributed by atoms with Crippen molar-refractivity contribution in [3.63, 3.8) is 0 Å². The molecule has 0 spiro atoms. The van der Waals surface area contributed by atoms with Gasteiger partial charge in [0.15, 0.2) is 0 Å². The van der Waals surface area contributed by atoms with Crippen molar-refractivity contribution in [2.75, 3.05) is 13.7 Å². The number of hydrogen-bond acceptors (Lipinski definition) is 2. The quantitative estimate of drug-likeness (QED) is 0.398. The van der Waals surface area contributed by atoms with Crippen LogP contribution in [0.4, 0.5) is 0 Å². The molecule has 0 aromatic carbocycles. The zero-order valence-corrected chi connectivity index (χ0v) is 5.35. The van der Waals surface area contributed by atoms with Gasteiger partial charge in [-0.05, 0) is 6.92 Å². The van der Waals surface area contributed by atoms with E-state index in [-0.39, 0.29) is 0 Å². The summed E-state index contributed by atoms with van der Waals surface area (Å²) >= 11 is 0. The van der Waals surface area contributed by atoms with E-state index >= 15 is 0 Å². The fraction of sp³-hybridized carbons (Fsp3) is 0.500. The third-order valence-electron chi connectivity index (χ3n) is 0.603. The van der Waals surface area contributed by atoms with Crippen LogP contribution in [-0.4, -0.2) is 19.9 Å². The number of hydrogen-bond donors (Lipinski definition) is 0. The number of ether oxygens (including phenoxy) is 1. The second-order valence-electron chi connectivity index (χ2n) is 1.29. The molecule has 0 rings (SSSR count). The number of rotatable bonds is 3. The second kappa shape index (κ2) is 4.37. The van der Waals surface area contributed by atoms with Crippen molar-refractivity contribution in [2.24, 2.45) is 4.99 Å². The smallest absolute Gasteiger partial charge is 0.129 e. The molecule has 0 aliphatic rings. The Bertz CT molecular complexity index is 96.7. The molecule has 0 aromatic rings. The van der Waals surface area contributed by atoms with E-state index in [2.05, 4.69) is 11.6 Å². The van der Waals surface area contributed by atoms with Crippen LogP contribution in [0.25, 0.3) is 0 Å². The van der Waals surface area contributed by atoms with Gasteiger partial charge in [0.1, 0.15) is 5.76 Å². The van der Waals surface area contributed by atoms with Crippen LogP contribution in [0.2, 0.25) is 0 Å². The normalized spacial score (nSPS) is 9.75. The maximum Gasteiger partial charge on any atom is 0.129 e. The largest absolute Gasteiger partial charge is 0.493 e. The molecule has 0 fully saturated rings. The van der Waals surface area contributed by atoms with Crippen LogP contribution in [0.5, 0.6) is 0 Å². The van der Waals surface area contributed by atoms with E-state index < -0.39 is 0 Å². The third-order valence-corrected chi connectivity index (χ3v) is 0.603. The summed E-state index contributed by atoms with van der Waals surface area (Å²) in [4.78, 5) is 3.70. The van der Waals surface area contributed by atoms with Crippen molar-refractivity contribution in [1.29, 1.82) is 0 Å². The Hall–Kier alpha value is -0.790. The Morgan fingerprint density at radius 3 is 2.88 bits per heavy atom. The van der Waals surface area contributed by atoms with Gasteiger partial charge in [0.2, 0.25) is 0 Å². The molecular formula is C6H11NO. The molecule has 0 aromatic heterocycles. The minimum Gasteiger partial charge on any atom is -0.493 e. The Labute approximate surface area is 49.9 Å². The van der Waals surface area contributed by atoms with Crippen molar-refractivity contribution in [3.8, 4) is 0 Å². The SMILES string of the molecule is C=C(C=NC)OCC. The monoisotopic (exact) mass is 113 g/mol. The average molecular weight is 113 g/mol. The number of aliphatic imine (C=N–C) groups is 1. The van der Waals surface area contributed by atoms with Gasteiger partial charge in [0, 0.05) is 7.05 Å². The first kappa shape index (κ1) is 7.21. The Balaban J connectivity index is 3.33. The Kier molecular flexibility index (Phi) is 3.94. The van der Waals surface area contributed by atoms with Crippen molar-refractivity contribution in [1.82, 2.24) is 0 Å². The molecule has 2 heteroatoms. The van der Waals surface area contributed by atoms with E-state index in [1.54, 1.807) is 13.3 Å². The highest BCUT2D eigenvalue weighted by Gasteiger charge is 1.80. The van der Waals surface area contributed by atoms with E-state index in [9.17, 15) is 0 Å². The maximum atomic E-state index is 4.94. The Morgan fingerprint density at radius 2 is 2.50 bits per heavy atom. The molecule has 0 radical (unpaired) electrons. The molecule has 8 heavy (non-hydrogen) atoms. The highest BCUT2D eigenvalue weighted by atomic mass is 16.5. The molecule has 0 aliphatic heterocycles. The average Bonchev–Trinajstić information content (AvgIpc) is 1.68. The van der Waals surface area contributed by atoms with Crippen molar-refractivity contribution in [2.45, 2.75) is 6.92 Å². The van der Waals surface area contributed by atoms with Crippen LogP contribution < -0.4 is 0 Å². The molecule has 0 saturated heterocycles. The molecule has 0 heterocycles. The van der Waals surface area contributed by atoms with Gasteiger partial charge < -0.3 is 4.74 Å². The van der Waals surface area contributed by atoms with Crippen molar-refractivity contribution < 1.29 is 4.74 Å². The van der Waals surface area contributed by atoms with Crippen LogP contribution >= 0.6 is 0 Å². The number of nitrogens with zero attached hydrogens (tertiary/aromatic N) is 1. The van der Waals surface area contributed by atoms with Gasteiger partial charge in [-0.3, -0.25) is 4.99 Å². The molecule has 2 nitrogen and oxygen atoms in total. The van der Waals surface area contributed by atoms with E-state index in [1.165, 1.54) is 0 Å². The van der Waals surface area contributed by atoms with Crippen LogP contribution in [0.3, 0.4) is 0 Å². The Morgan fingerprint density at radius 1 is 1.88 bits per heavy atom. The fourth-order valence-electron chi connectivity index (χ4n) is 0.367. The van der Waals surface area contributed by atoms with E-state index in [4.69, 9.17) is 4.74 Å². The molecule has 46 valence electrons. The lowest BCUT2D eigenvalue weighted by atomic mass is 10.6. The predicted molar refractivity (Wildman–Crippen MR) is 35.2 cm³/mol. The van der Waals surface area contributed by atoms with Crippen LogP contribution in [-0.2, 0) is 4.74 Å². The van der Waals surface area contributed by atoms with E-state index in [0.717, 1.165) is 0 Å². The first-order valence-corrected chi connectivity index (χ1v) is 2.55. The summed E-state index contributed by atoms with van der Waals surface area (Å²) in [5.74, 6) is 0.620. The zero-order valence-electron chi connectivity index (χ0n) is 5.35. The van der Waals surface area contributed by atoms with Crippen LogP contribution in [0.1, 0.15) is 6.92 Å². The summed E-state index contributed by atoms with van der Waals surface area (Å²) in [6.07, 6.45) is 1.59. The van der Waals surface area contributed by atoms with Gasteiger partial charge in [-0.15, -0.1) is 0 Å². The molecule has 0 N–H and O–H groups in total. The van der Waals surface area contributed by atoms with Gasteiger partial charge in [0.05, 0.1) is 12.8 Å². The van der Waals surface area contributed by atoms with Crippen LogP contribution in [0, 0.1) is 0 Å². The van der Waals surface area contributed by atoms with Gasteiger partial charge in [-0.25, -0.2) is 0 Å². The van der Waals surface area contributed by atoms with Crippen molar-refractivity contribution in [3.05, 3.63) is 12.3 Å². The van der Waals surface area contributed by atoms with Crippen LogP contribution in [0.15, 0.2) is 17.3 Å². The minimum atomic E-state index is 0.620. The molecular weight excluding hydrogens is 102 g/mol. The summed E-state index contributed by atoms with van der Waals surface area (Å²) in [5, 5.41) is 0. The minimum absolute atomic E-state index is 0.620. The molecule has 0 atom stereocenters. The molecule has 0 unspecified atom stereocenters. The molecule has 0 amide bonds. The third kappa shape index (κ3) is 3.40. The second-order valence-corrected chi connectivity index (χ2v) is 1.29. The predicted octanol–water partition coefficient (Wildman–Crippen LogP) is 1.24. The fourth-order valence-corrected chi connectivity index (χ4v) is 0.367. The van der Waals surface area contributed by atoms with Gasteiger partial charge in [-0.1, -0.05) is 6.58 Å². The standard InChI is InChI=1S/C6H11NO/c1-4-8-6(2)5-7-3/h5H,2,4H2,1,3H3.